The third-order valence-electron chi connectivity index (χ3n) is 4.18. The lowest BCUT2D eigenvalue weighted by molar-refractivity contribution is -0.0460. The highest BCUT2D eigenvalue weighted by molar-refractivity contribution is 5.13. The fraction of sp³-hybridized carbons (Fsp3) is 0.667. The molecule has 3 heteroatoms. The van der Waals surface area contributed by atoms with Crippen LogP contribution in [0.2, 0.25) is 0 Å². The molecule has 2 aliphatic rings. The van der Waals surface area contributed by atoms with Crippen LogP contribution in [0.1, 0.15) is 43.2 Å². The molecular formula is C15H22N2O. The highest BCUT2D eigenvalue weighted by Crippen LogP contribution is 2.28. The van der Waals surface area contributed by atoms with Crippen LogP contribution in [-0.4, -0.2) is 35.6 Å². The minimum absolute atomic E-state index is 0.166. The van der Waals surface area contributed by atoms with Crippen LogP contribution in [0.4, 0.5) is 0 Å². The van der Waals surface area contributed by atoms with E-state index in [2.05, 4.69) is 22.0 Å². The van der Waals surface area contributed by atoms with E-state index in [9.17, 15) is 0 Å². The highest BCUT2D eigenvalue weighted by atomic mass is 16.5. The molecule has 0 unspecified atom stereocenters. The summed E-state index contributed by atoms with van der Waals surface area (Å²) in [5, 5.41) is 0. The van der Waals surface area contributed by atoms with Crippen LogP contribution in [0.5, 0.6) is 0 Å². The third kappa shape index (κ3) is 2.57. The molecule has 0 radical (unpaired) electrons. The molecule has 3 nitrogen and oxygen atoms in total. The van der Waals surface area contributed by atoms with E-state index < -0.39 is 0 Å². The van der Waals surface area contributed by atoms with Crippen molar-refractivity contribution in [2.45, 2.75) is 44.8 Å². The Hall–Kier alpha value is -0.930. The molecule has 0 spiro atoms. The Morgan fingerprint density at radius 3 is 2.89 bits per heavy atom. The summed E-state index contributed by atoms with van der Waals surface area (Å²) in [6.45, 7) is 4.99. The van der Waals surface area contributed by atoms with Gasteiger partial charge in [0.05, 0.1) is 12.3 Å². The van der Waals surface area contributed by atoms with E-state index in [1.54, 1.807) is 0 Å². The first-order valence-corrected chi connectivity index (χ1v) is 7.12. The van der Waals surface area contributed by atoms with E-state index in [4.69, 9.17) is 4.74 Å². The number of hydrogen-bond acceptors (Lipinski definition) is 3. The molecule has 1 aromatic heterocycles. The number of pyridine rings is 1. The fourth-order valence-electron chi connectivity index (χ4n) is 3.19. The lowest BCUT2D eigenvalue weighted by atomic mass is 10.1. The number of rotatable bonds is 2. The molecule has 18 heavy (non-hydrogen) atoms. The Labute approximate surface area is 109 Å². The Kier molecular flexibility index (Phi) is 3.62. The SMILES string of the molecule is Cc1cccc([C@@H]2CN(C3CCCC3)CCO2)n1. The smallest absolute Gasteiger partial charge is 0.112 e. The zero-order valence-corrected chi connectivity index (χ0v) is 11.1. The predicted molar refractivity (Wildman–Crippen MR) is 71.5 cm³/mol. The zero-order valence-electron chi connectivity index (χ0n) is 11.1. The van der Waals surface area contributed by atoms with Crippen molar-refractivity contribution >= 4 is 0 Å². The van der Waals surface area contributed by atoms with Crippen molar-refractivity contribution in [1.82, 2.24) is 9.88 Å². The van der Waals surface area contributed by atoms with E-state index in [0.717, 1.165) is 37.1 Å². The Bertz CT molecular complexity index is 401. The molecule has 1 saturated heterocycles. The van der Waals surface area contributed by atoms with Crippen molar-refractivity contribution < 1.29 is 4.74 Å². The second-order valence-corrected chi connectivity index (χ2v) is 5.50. The van der Waals surface area contributed by atoms with E-state index in [1.807, 2.05) is 13.0 Å². The van der Waals surface area contributed by atoms with E-state index >= 15 is 0 Å². The maximum absolute atomic E-state index is 5.90. The third-order valence-corrected chi connectivity index (χ3v) is 4.18. The fourth-order valence-corrected chi connectivity index (χ4v) is 3.19. The number of morpholine rings is 1. The van der Waals surface area contributed by atoms with Gasteiger partial charge in [0.15, 0.2) is 0 Å². The minimum Gasteiger partial charge on any atom is -0.369 e. The quantitative estimate of drug-likeness (QED) is 0.802. The molecule has 1 aliphatic heterocycles. The van der Waals surface area contributed by atoms with Gasteiger partial charge in [0.2, 0.25) is 0 Å². The summed E-state index contributed by atoms with van der Waals surface area (Å²) in [5.74, 6) is 0. The molecule has 1 atom stereocenters. The van der Waals surface area contributed by atoms with Gasteiger partial charge in [-0.25, -0.2) is 0 Å². The number of ether oxygens (including phenoxy) is 1. The first kappa shape index (κ1) is 12.1. The van der Waals surface area contributed by atoms with Gasteiger partial charge in [0.25, 0.3) is 0 Å². The zero-order chi connectivity index (χ0) is 12.4. The average Bonchev–Trinajstić information content (AvgIpc) is 2.93. The molecule has 0 N–H and O–H groups in total. The van der Waals surface area contributed by atoms with Gasteiger partial charge in [-0.1, -0.05) is 18.9 Å². The van der Waals surface area contributed by atoms with E-state index in [1.165, 1.54) is 25.7 Å². The predicted octanol–water partition coefficient (Wildman–Crippen LogP) is 2.71. The first-order chi connectivity index (χ1) is 8.83. The Morgan fingerprint density at radius 2 is 2.11 bits per heavy atom. The van der Waals surface area contributed by atoms with Gasteiger partial charge in [-0.3, -0.25) is 9.88 Å². The molecule has 0 amide bonds. The summed E-state index contributed by atoms with van der Waals surface area (Å²) < 4.78 is 5.90. The number of nitrogens with zero attached hydrogens (tertiary/aromatic N) is 2. The summed E-state index contributed by atoms with van der Waals surface area (Å²) >= 11 is 0. The standard InChI is InChI=1S/C15H22N2O/c1-12-5-4-8-14(16-12)15-11-17(9-10-18-15)13-6-2-3-7-13/h4-5,8,13,15H,2-3,6-7,9-11H2,1H3/t15-/m0/s1. The summed E-state index contributed by atoms with van der Waals surface area (Å²) in [4.78, 5) is 7.22. The second-order valence-electron chi connectivity index (χ2n) is 5.50. The molecule has 0 aromatic carbocycles. The molecule has 98 valence electrons. The maximum atomic E-state index is 5.90. The van der Waals surface area contributed by atoms with Gasteiger partial charge in [-0.2, -0.15) is 0 Å². The van der Waals surface area contributed by atoms with Crippen molar-refractivity contribution in [3.63, 3.8) is 0 Å². The Morgan fingerprint density at radius 1 is 1.28 bits per heavy atom. The van der Waals surface area contributed by atoms with Gasteiger partial charge in [-0.15, -0.1) is 0 Å². The Balaban J connectivity index is 1.69. The summed E-state index contributed by atoms with van der Waals surface area (Å²) in [6, 6.07) is 7.01. The van der Waals surface area contributed by atoms with Gasteiger partial charge >= 0.3 is 0 Å². The summed E-state index contributed by atoms with van der Waals surface area (Å²) in [6.07, 6.45) is 5.70. The molecule has 1 saturated carbocycles. The monoisotopic (exact) mass is 246 g/mol. The van der Waals surface area contributed by atoms with Crippen molar-refractivity contribution in [1.29, 1.82) is 0 Å². The topological polar surface area (TPSA) is 25.4 Å². The van der Waals surface area contributed by atoms with Gasteiger partial charge in [0.1, 0.15) is 6.10 Å². The van der Waals surface area contributed by atoms with Crippen LogP contribution in [0.25, 0.3) is 0 Å². The van der Waals surface area contributed by atoms with Crippen LogP contribution in [0.15, 0.2) is 18.2 Å². The number of aryl methyl sites for hydroxylation is 1. The van der Waals surface area contributed by atoms with Gasteiger partial charge in [0, 0.05) is 24.8 Å². The molecule has 0 bridgehead atoms. The molecule has 1 aromatic rings. The minimum atomic E-state index is 0.166. The lowest BCUT2D eigenvalue weighted by Crippen LogP contribution is -2.43. The van der Waals surface area contributed by atoms with Crippen molar-refractivity contribution in [3.8, 4) is 0 Å². The van der Waals surface area contributed by atoms with Crippen LogP contribution < -0.4 is 0 Å². The van der Waals surface area contributed by atoms with Gasteiger partial charge in [-0.05, 0) is 31.9 Å². The summed E-state index contributed by atoms with van der Waals surface area (Å²) in [5.41, 5.74) is 2.17. The second kappa shape index (κ2) is 5.37. The molecule has 3 rings (SSSR count). The van der Waals surface area contributed by atoms with Crippen molar-refractivity contribution in [2.24, 2.45) is 0 Å². The van der Waals surface area contributed by atoms with Crippen LogP contribution >= 0.6 is 0 Å². The van der Waals surface area contributed by atoms with Crippen molar-refractivity contribution in [3.05, 3.63) is 29.6 Å². The average molecular weight is 246 g/mol. The van der Waals surface area contributed by atoms with E-state index in [0.29, 0.717) is 0 Å². The van der Waals surface area contributed by atoms with Crippen molar-refractivity contribution in [2.75, 3.05) is 19.7 Å². The molecule has 2 fully saturated rings. The van der Waals surface area contributed by atoms with Crippen LogP contribution in [-0.2, 0) is 4.74 Å². The molecule has 2 heterocycles. The van der Waals surface area contributed by atoms with Crippen LogP contribution in [0.3, 0.4) is 0 Å². The van der Waals surface area contributed by atoms with Gasteiger partial charge < -0.3 is 4.74 Å². The highest BCUT2D eigenvalue weighted by Gasteiger charge is 2.29. The maximum Gasteiger partial charge on any atom is 0.112 e. The number of hydrogen-bond donors (Lipinski definition) is 0. The number of aromatic nitrogens is 1. The largest absolute Gasteiger partial charge is 0.369 e. The van der Waals surface area contributed by atoms with E-state index in [-0.39, 0.29) is 6.10 Å². The first-order valence-electron chi connectivity index (χ1n) is 7.12. The molecule has 1 aliphatic carbocycles. The summed E-state index contributed by atoms with van der Waals surface area (Å²) in [7, 11) is 0. The normalized spacial score (nSPS) is 26.6. The van der Waals surface area contributed by atoms with Crippen LogP contribution in [0, 0.1) is 6.92 Å². The molecular weight excluding hydrogens is 224 g/mol. The lowest BCUT2D eigenvalue weighted by Gasteiger charge is -2.36.